The standard InChI is InChI=1S/C14H19BrN2O2S/c1-8(2)11-7-12(20(17,18)19)13(9(3)4)14(15)10(11)5-6-16/h7-9H,5H2,1-4H3,(H2,17,18,19). The van der Waals surface area contributed by atoms with Crippen LogP contribution in [0.5, 0.6) is 0 Å². The first kappa shape index (κ1) is 17.2. The molecule has 0 aliphatic rings. The molecule has 0 saturated carbocycles. The predicted octanol–water partition coefficient (Wildman–Crippen LogP) is 3.41. The van der Waals surface area contributed by atoms with E-state index >= 15 is 0 Å². The lowest BCUT2D eigenvalue weighted by molar-refractivity contribution is 0.594. The maximum atomic E-state index is 11.8. The van der Waals surface area contributed by atoms with Gasteiger partial charge in [-0.25, -0.2) is 13.6 Å². The van der Waals surface area contributed by atoms with Crippen molar-refractivity contribution >= 4 is 26.0 Å². The van der Waals surface area contributed by atoms with E-state index in [4.69, 9.17) is 10.4 Å². The van der Waals surface area contributed by atoms with Crippen molar-refractivity contribution in [2.75, 3.05) is 0 Å². The van der Waals surface area contributed by atoms with Crippen LogP contribution in [0.4, 0.5) is 0 Å². The lowest BCUT2D eigenvalue weighted by Gasteiger charge is -2.21. The molecule has 0 radical (unpaired) electrons. The summed E-state index contributed by atoms with van der Waals surface area (Å²) >= 11 is 3.47. The van der Waals surface area contributed by atoms with Crippen LogP contribution in [0.3, 0.4) is 0 Å². The third-order valence-electron chi connectivity index (χ3n) is 3.16. The second kappa shape index (κ2) is 6.25. The Morgan fingerprint density at radius 1 is 1.30 bits per heavy atom. The van der Waals surface area contributed by atoms with Crippen LogP contribution >= 0.6 is 15.9 Å². The highest BCUT2D eigenvalue weighted by atomic mass is 79.9. The second-order valence-corrected chi connectivity index (χ2v) is 7.68. The van der Waals surface area contributed by atoms with E-state index in [2.05, 4.69) is 22.0 Å². The van der Waals surface area contributed by atoms with Gasteiger partial charge in [-0.1, -0.05) is 43.6 Å². The van der Waals surface area contributed by atoms with Crippen molar-refractivity contribution in [3.8, 4) is 6.07 Å². The van der Waals surface area contributed by atoms with Gasteiger partial charge in [-0.15, -0.1) is 0 Å². The summed E-state index contributed by atoms with van der Waals surface area (Å²) in [6.45, 7) is 7.73. The molecule has 6 heteroatoms. The van der Waals surface area contributed by atoms with Gasteiger partial charge in [0.25, 0.3) is 0 Å². The summed E-state index contributed by atoms with van der Waals surface area (Å²) in [4.78, 5) is 0.143. The first-order valence-electron chi connectivity index (χ1n) is 6.36. The molecule has 110 valence electrons. The Hall–Kier alpha value is -0.900. The van der Waals surface area contributed by atoms with Crippen LogP contribution in [-0.4, -0.2) is 8.42 Å². The van der Waals surface area contributed by atoms with Crippen LogP contribution in [0.1, 0.15) is 56.2 Å². The fourth-order valence-electron chi connectivity index (χ4n) is 2.25. The van der Waals surface area contributed by atoms with Gasteiger partial charge in [0.05, 0.1) is 17.4 Å². The number of rotatable bonds is 4. The van der Waals surface area contributed by atoms with E-state index < -0.39 is 10.0 Å². The Kier molecular flexibility index (Phi) is 5.36. The van der Waals surface area contributed by atoms with Crippen LogP contribution < -0.4 is 5.14 Å². The maximum Gasteiger partial charge on any atom is 0.238 e. The van der Waals surface area contributed by atoms with Gasteiger partial charge in [0.2, 0.25) is 10.0 Å². The zero-order valence-electron chi connectivity index (χ0n) is 12.1. The minimum atomic E-state index is -3.80. The van der Waals surface area contributed by atoms with Gasteiger partial charge in [-0.05, 0) is 34.6 Å². The molecular formula is C14H19BrN2O2S. The lowest BCUT2D eigenvalue weighted by atomic mass is 9.90. The molecule has 20 heavy (non-hydrogen) atoms. The van der Waals surface area contributed by atoms with Crippen LogP contribution in [0.2, 0.25) is 0 Å². The average Bonchev–Trinajstić information content (AvgIpc) is 2.28. The van der Waals surface area contributed by atoms with Crippen molar-refractivity contribution in [3.63, 3.8) is 0 Å². The van der Waals surface area contributed by atoms with Crippen LogP contribution in [0, 0.1) is 11.3 Å². The van der Waals surface area contributed by atoms with Crippen LogP contribution in [0.15, 0.2) is 15.4 Å². The van der Waals surface area contributed by atoms with E-state index in [-0.39, 0.29) is 23.2 Å². The lowest BCUT2D eigenvalue weighted by Crippen LogP contribution is -2.17. The molecule has 0 aliphatic carbocycles. The van der Waals surface area contributed by atoms with E-state index in [0.717, 1.165) is 11.1 Å². The molecule has 0 fully saturated rings. The van der Waals surface area contributed by atoms with Gasteiger partial charge in [-0.3, -0.25) is 0 Å². The van der Waals surface area contributed by atoms with Crippen molar-refractivity contribution < 1.29 is 8.42 Å². The third kappa shape index (κ3) is 3.40. The first-order chi connectivity index (χ1) is 9.11. The van der Waals surface area contributed by atoms with Gasteiger partial charge in [0, 0.05) is 4.47 Å². The summed E-state index contributed by atoms with van der Waals surface area (Å²) < 4.78 is 24.4. The quantitative estimate of drug-likeness (QED) is 0.894. The highest BCUT2D eigenvalue weighted by molar-refractivity contribution is 9.10. The summed E-state index contributed by atoms with van der Waals surface area (Å²) in [5.41, 5.74) is 2.33. The molecule has 1 rings (SSSR count). The zero-order chi connectivity index (χ0) is 15.7. The highest BCUT2D eigenvalue weighted by Crippen LogP contribution is 2.38. The van der Waals surface area contributed by atoms with Crippen LogP contribution in [0.25, 0.3) is 0 Å². The Labute approximate surface area is 129 Å². The molecule has 0 bridgehead atoms. The van der Waals surface area contributed by atoms with Crippen molar-refractivity contribution in [3.05, 3.63) is 27.2 Å². The van der Waals surface area contributed by atoms with E-state index in [1.165, 1.54) is 0 Å². The summed E-state index contributed by atoms with van der Waals surface area (Å²) in [6.07, 6.45) is 0.235. The maximum absolute atomic E-state index is 11.8. The number of primary sulfonamides is 1. The number of sulfonamides is 1. The molecule has 0 amide bonds. The minimum absolute atomic E-state index is 0.0173. The summed E-state index contributed by atoms with van der Waals surface area (Å²) in [6, 6.07) is 3.75. The summed E-state index contributed by atoms with van der Waals surface area (Å²) in [7, 11) is -3.80. The first-order valence-corrected chi connectivity index (χ1v) is 8.70. The molecule has 0 aliphatic heterocycles. The van der Waals surface area contributed by atoms with Gasteiger partial charge < -0.3 is 0 Å². The molecule has 1 aromatic carbocycles. The molecule has 0 aromatic heterocycles. The van der Waals surface area contributed by atoms with E-state index in [1.54, 1.807) is 6.07 Å². The van der Waals surface area contributed by atoms with E-state index in [9.17, 15) is 8.42 Å². The average molecular weight is 359 g/mol. The molecule has 0 unspecified atom stereocenters. The fourth-order valence-corrected chi connectivity index (χ4v) is 4.36. The fraction of sp³-hybridized carbons (Fsp3) is 0.500. The number of hydrogen-bond donors (Lipinski definition) is 1. The summed E-state index contributed by atoms with van der Waals surface area (Å²) in [5.74, 6) is 0.0905. The predicted molar refractivity (Wildman–Crippen MR) is 83.0 cm³/mol. The van der Waals surface area contributed by atoms with Crippen molar-refractivity contribution in [2.45, 2.75) is 50.8 Å². The van der Waals surface area contributed by atoms with Gasteiger partial charge >= 0.3 is 0 Å². The van der Waals surface area contributed by atoms with Gasteiger partial charge in [0.1, 0.15) is 0 Å². The number of hydrogen-bond acceptors (Lipinski definition) is 3. The largest absolute Gasteiger partial charge is 0.238 e. The molecule has 0 atom stereocenters. The number of nitrogens with zero attached hydrogens (tertiary/aromatic N) is 1. The second-order valence-electron chi connectivity index (χ2n) is 5.36. The van der Waals surface area contributed by atoms with Crippen LogP contribution in [-0.2, 0) is 16.4 Å². The molecule has 0 spiro atoms. The molecule has 0 saturated heterocycles. The third-order valence-corrected chi connectivity index (χ3v) is 5.02. The summed E-state index contributed by atoms with van der Waals surface area (Å²) in [5, 5.41) is 14.3. The van der Waals surface area contributed by atoms with Gasteiger partial charge in [-0.2, -0.15) is 5.26 Å². The molecule has 0 heterocycles. The molecular weight excluding hydrogens is 340 g/mol. The topological polar surface area (TPSA) is 84.0 Å². The minimum Gasteiger partial charge on any atom is -0.225 e. The van der Waals surface area contributed by atoms with Crippen molar-refractivity contribution in [2.24, 2.45) is 5.14 Å². The number of benzene rings is 1. The Morgan fingerprint density at radius 2 is 1.85 bits per heavy atom. The molecule has 4 nitrogen and oxygen atoms in total. The number of nitriles is 1. The number of nitrogens with two attached hydrogens (primary N) is 1. The molecule has 1 aromatic rings. The van der Waals surface area contributed by atoms with E-state index in [1.807, 2.05) is 27.7 Å². The number of halogens is 1. The normalized spacial score (nSPS) is 11.9. The monoisotopic (exact) mass is 358 g/mol. The Bertz CT molecular complexity index is 659. The SMILES string of the molecule is CC(C)c1cc(S(N)(=O)=O)c(C(C)C)c(Br)c1CC#N. The van der Waals surface area contributed by atoms with Crippen molar-refractivity contribution in [1.29, 1.82) is 5.26 Å². The molecule has 2 N–H and O–H groups in total. The smallest absolute Gasteiger partial charge is 0.225 e. The highest BCUT2D eigenvalue weighted by Gasteiger charge is 2.24. The zero-order valence-corrected chi connectivity index (χ0v) is 14.5. The Morgan fingerprint density at radius 3 is 2.20 bits per heavy atom. The van der Waals surface area contributed by atoms with Crippen molar-refractivity contribution in [1.82, 2.24) is 0 Å². The van der Waals surface area contributed by atoms with E-state index in [0.29, 0.717) is 10.0 Å². The Balaban J connectivity index is 3.85. The van der Waals surface area contributed by atoms with Gasteiger partial charge in [0.15, 0.2) is 0 Å².